The molecule has 0 aliphatic carbocycles. The van der Waals surface area contributed by atoms with Gasteiger partial charge in [0, 0.05) is 14.5 Å². The highest BCUT2D eigenvalue weighted by atomic mass is 79.9. The average Bonchev–Trinajstić information content (AvgIpc) is 2.52. The summed E-state index contributed by atoms with van der Waals surface area (Å²) in [6.45, 7) is -0.556. The summed E-state index contributed by atoms with van der Waals surface area (Å²) in [6.07, 6.45) is 0. The first-order chi connectivity index (χ1) is 11.2. The van der Waals surface area contributed by atoms with Gasteiger partial charge in [0.1, 0.15) is 6.54 Å². The molecule has 2 rings (SSSR count). The summed E-state index contributed by atoms with van der Waals surface area (Å²) in [5.41, 5.74) is 0.0409. The molecule has 0 bridgehead atoms. The Morgan fingerprint density at radius 3 is 2.29 bits per heavy atom. The second kappa shape index (κ2) is 7.45. The Labute approximate surface area is 155 Å². The lowest BCUT2D eigenvalue weighted by molar-refractivity contribution is -0.135. The molecule has 0 unspecified atom stereocenters. The molecule has 126 valence electrons. The molecule has 0 fully saturated rings. The zero-order valence-electron chi connectivity index (χ0n) is 12.0. The Bertz CT molecular complexity index is 912. The molecule has 24 heavy (non-hydrogen) atoms. The van der Waals surface area contributed by atoms with E-state index in [1.54, 1.807) is 12.1 Å². The van der Waals surface area contributed by atoms with E-state index in [0.717, 1.165) is 0 Å². The van der Waals surface area contributed by atoms with Gasteiger partial charge in [0.15, 0.2) is 0 Å². The first kappa shape index (κ1) is 18.6. The van der Waals surface area contributed by atoms with Crippen LogP contribution in [0, 0.1) is 0 Å². The van der Waals surface area contributed by atoms with Crippen molar-refractivity contribution in [3.05, 3.63) is 57.0 Å². The number of carbonyl (C=O) groups is 2. The van der Waals surface area contributed by atoms with Crippen LogP contribution in [0.15, 0.2) is 61.2 Å². The SMILES string of the molecule is O=C(O)CNC(=O)c1cc(Br)cc(S(=O)(=O)c2cccc(Br)c2)c1. The van der Waals surface area contributed by atoms with Gasteiger partial charge in [-0.3, -0.25) is 9.59 Å². The van der Waals surface area contributed by atoms with E-state index < -0.39 is 28.3 Å². The molecular weight excluding hydrogens is 466 g/mol. The molecule has 0 saturated carbocycles. The molecule has 6 nitrogen and oxygen atoms in total. The fourth-order valence-electron chi connectivity index (χ4n) is 1.88. The van der Waals surface area contributed by atoms with Crippen LogP contribution in [0.4, 0.5) is 0 Å². The van der Waals surface area contributed by atoms with Gasteiger partial charge in [0.2, 0.25) is 9.84 Å². The minimum Gasteiger partial charge on any atom is -0.480 e. The van der Waals surface area contributed by atoms with Gasteiger partial charge in [-0.15, -0.1) is 0 Å². The third-order valence-electron chi connectivity index (χ3n) is 2.95. The molecule has 0 radical (unpaired) electrons. The van der Waals surface area contributed by atoms with Gasteiger partial charge in [-0.1, -0.05) is 37.9 Å². The third-order valence-corrected chi connectivity index (χ3v) is 5.63. The van der Waals surface area contributed by atoms with E-state index >= 15 is 0 Å². The number of nitrogens with one attached hydrogen (secondary N) is 1. The molecule has 2 aromatic carbocycles. The highest BCUT2D eigenvalue weighted by Crippen LogP contribution is 2.27. The molecule has 2 N–H and O–H groups in total. The number of rotatable bonds is 5. The smallest absolute Gasteiger partial charge is 0.322 e. The van der Waals surface area contributed by atoms with E-state index in [1.165, 1.54) is 30.3 Å². The number of aliphatic carboxylic acids is 1. The summed E-state index contributed by atoms with van der Waals surface area (Å²) in [7, 11) is -3.83. The predicted molar refractivity (Wildman–Crippen MR) is 93.7 cm³/mol. The average molecular weight is 477 g/mol. The number of benzene rings is 2. The van der Waals surface area contributed by atoms with Crippen LogP contribution in [0.5, 0.6) is 0 Å². The Morgan fingerprint density at radius 1 is 1.00 bits per heavy atom. The van der Waals surface area contributed by atoms with E-state index in [4.69, 9.17) is 5.11 Å². The van der Waals surface area contributed by atoms with Crippen molar-refractivity contribution in [2.75, 3.05) is 6.54 Å². The molecule has 2 aromatic rings. The first-order valence-corrected chi connectivity index (χ1v) is 9.58. The number of sulfone groups is 1. The van der Waals surface area contributed by atoms with Crippen LogP contribution in [0.1, 0.15) is 10.4 Å². The van der Waals surface area contributed by atoms with E-state index in [9.17, 15) is 18.0 Å². The van der Waals surface area contributed by atoms with Gasteiger partial charge in [-0.05, 0) is 36.4 Å². The van der Waals surface area contributed by atoms with E-state index in [-0.39, 0.29) is 15.4 Å². The molecule has 0 aliphatic rings. The third kappa shape index (κ3) is 4.43. The number of carbonyl (C=O) groups excluding carboxylic acids is 1. The summed E-state index contributed by atoms with van der Waals surface area (Å²) in [4.78, 5) is 22.5. The zero-order chi connectivity index (χ0) is 17.9. The molecule has 0 saturated heterocycles. The number of hydrogen-bond donors (Lipinski definition) is 2. The summed E-state index contributed by atoms with van der Waals surface area (Å²) < 4.78 is 26.4. The van der Waals surface area contributed by atoms with Gasteiger partial charge in [-0.25, -0.2) is 8.42 Å². The van der Waals surface area contributed by atoms with Gasteiger partial charge < -0.3 is 10.4 Å². The highest BCUT2D eigenvalue weighted by molar-refractivity contribution is 9.10. The summed E-state index contributed by atoms with van der Waals surface area (Å²) in [6, 6.07) is 10.2. The summed E-state index contributed by atoms with van der Waals surface area (Å²) in [5, 5.41) is 10.8. The summed E-state index contributed by atoms with van der Waals surface area (Å²) >= 11 is 6.39. The second-order valence-corrected chi connectivity index (χ2v) is 8.49. The Morgan fingerprint density at radius 2 is 1.67 bits per heavy atom. The molecule has 0 aliphatic heterocycles. The maximum absolute atomic E-state index is 12.7. The van der Waals surface area contributed by atoms with Gasteiger partial charge in [0.05, 0.1) is 9.79 Å². The van der Waals surface area contributed by atoms with Crippen molar-refractivity contribution in [3.63, 3.8) is 0 Å². The largest absolute Gasteiger partial charge is 0.480 e. The van der Waals surface area contributed by atoms with Crippen molar-refractivity contribution in [1.29, 1.82) is 0 Å². The van der Waals surface area contributed by atoms with Crippen molar-refractivity contribution >= 4 is 53.6 Å². The predicted octanol–water partition coefficient (Wildman–Crippen LogP) is 2.86. The second-order valence-electron chi connectivity index (χ2n) is 4.71. The van der Waals surface area contributed by atoms with Crippen LogP contribution in [0.2, 0.25) is 0 Å². The van der Waals surface area contributed by atoms with E-state index in [1.807, 2.05) is 0 Å². The quantitative estimate of drug-likeness (QED) is 0.690. The maximum Gasteiger partial charge on any atom is 0.322 e. The molecule has 1 amide bonds. The first-order valence-electron chi connectivity index (χ1n) is 6.51. The number of carboxylic acid groups (broad SMARTS) is 1. The topological polar surface area (TPSA) is 101 Å². The molecule has 9 heteroatoms. The van der Waals surface area contributed by atoms with Crippen molar-refractivity contribution in [3.8, 4) is 0 Å². The molecular formula is C15H11Br2NO5S. The van der Waals surface area contributed by atoms with Crippen molar-refractivity contribution < 1.29 is 23.1 Å². The molecule has 0 spiro atoms. The van der Waals surface area contributed by atoms with Crippen LogP contribution in [-0.4, -0.2) is 31.9 Å². The minimum atomic E-state index is -3.83. The van der Waals surface area contributed by atoms with Gasteiger partial charge in [0.25, 0.3) is 5.91 Å². The van der Waals surface area contributed by atoms with Crippen LogP contribution < -0.4 is 5.32 Å². The van der Waals surface area contributed by atoms with Crippen LogP contribution in [0.3, 0.4) is 0 Å². The summed E-state index contributed by atoms with van der Waals surface area (Å²) in [5.74, 6) is -1.87. The lowest BCUT2D eigenvalue weighted by atomic mass is 10.2. The van der Waals surface area contributed by atoms with Crippen molar-refractivity contribution in [2.45, 2.75) is 9.79 Å². The monoisotopic (exact) mass is 475 g/mol. The number of hydrogen-bond acceptors (Lipinski definition) is 4. The maximum atomic E-state index is 12.7. The highest BCUT2D eigenvalue weighted by Gasteiger charge is 2.20. The van der Waals surface area contributed by atoms with E-state index in [0.29, 0.717) is 8.95 Å². The standard InChI is InChI=1S/C15H11Br2NO5S/c16-10-2-1-3-12(6-10)24(22,23)13-5-9(4-11(17)7-13)15(21)18-8-14(19)20/h1-7H,8H2,(H,18,21)(H,19,20). The lowest BCUT2D eigenvalue weighted by Crippen LogP contribution is -2.29. The van der Waals surface area contributed by atoms with Crippen LogP contribution in [-0.2, 0) is 14.6 Å². The Hall–Kier alpha value is -1.71. The molecule has 0 heterocycles. The Kier molecular flexibility index (Phi) is 5.79. The number of carboxylic acids is 1. The van der Waals surface area contributed by atoms with Gasteiger partial charge in [-0.2, -0.15) is 0 Å². The van der Waals surface area contributed by atoms with Crippen molar-refractivity contribution in [1.82, 2.24) is 5.32 Å². The van der Waals surface area contributed by atoms with Crippen LogP contribution in [0.25, 0.3) is 0 Å². The fourth-order valence-corrected chi connectivity index (χ4v) is 4.45. The van der Waals surface area contributed by atoms with Crippen molar-refractivity contribution in [2.24, 2.45) is 0 Å². The lowest BCUT2D eigenvalue weighted by Gasteiger charge is -2.09. The zero-order valence-corrected chi connectivity index (χ0v) is 16.0. The minimum absolute atomic E-state index is 0.0409. The number of amides is 1. The van der Waals surface area contributed by atoms with E-state index in [2.05, 4.69) is 37.2 Å². The molecule has 0 atom stereocenters. The normalized spacial score (nSPS) is 11.1. The number of halogens is 2. The van der Waals surface area contributed by atoms with Crippen LogP contribution >= 0.6 is 31.9 Å². The molecule has 0 aromatic heterocycles. The van der Waals surface area contributed by atoms with Gasteiger partial charge >= 0.3 is 5.97 Å². The Balaban J connectivity index is 2.44. The fraction of sp³-hybridized carbons (Fsp3) is 0.0667.